The first kappa shape index (κ1) is 11.1. The van der Waals surface area contributed by atoms with Crippen LogP contribution < -0.4 is 10.5 Å². The van der Waals surface area contributed by atoms with Crippen LogP contribution in [-0.4, -0.2) is 6.61 Å². The molecule has 1 rings (SSSR count). The van der Waals surface area contributed by atoms with E-state index in [0.29, 0.717) is 18.2 Å². The first-order chi connectivity index (χ1) is 6.65. The third-order valence-electron chi connectivity index (χ3n) is 1.75. The van der Waals surface area contributed by atoms with E-state index in [9.17, 15) is 0 Å². The Morgan fingerprint density at radius 1 is 1.57 bits per heavy atom. The van der Waals surface area contributed by atoms with Crippen LogP contribution in [-0.2, 0) is 6.54 Å². The van der Waals surface area contributed by atoms with Crippen molar-refractivity contribution in [3.8, 4) is 5.75 Å². The molecule has 0 atom stereocenters. The maximum absolute atomic E-state index is 5.96. The number of ether oxygens (including phenoxy) is 1. The van der Waals surface area contributed by atoms with Gasteiger partial charge in [-0.2, -0.15) is 0 Å². The lowest BCUT2D eigenvalue weighted by molar-refractivity contribution is 0.349. The molecule has 0 radical (unpaired) electrons. The van der Waals surface area contributed by atoms with E-state index in [1.54, 1.807) is 6.07 Å². The molecule has 1 aromatic carbocycles. The lowest BCUT2D eigenvalue weighted by Crippen LogP contribution is -2.04. The molecule has 0 saturated carbocycles. The van der Waals surface area contributed by atoms with Crippen molar-refractivity contribution in [3.05, 3.63) is 40.9 Å². The van der Waals surface area contributed by atoms with Crippen LogP contribution in [0.5, 0.6) is 5.75 Å². The summed E-state index contributed by atoms with van der Waals surface area (Å²) >= 11 is 5.96. The van der Waals surface area contributed by atoms with Crippen LogP contribution in [0.15, 0.2) is 30.4 Å². The molecule has 0 amide bonds. The SMILES string of the molecule is C=C(C)COc1cccc(Cl)c1CN. The van der Waals surface area contributed by atoms with Crippen molar-refractivity contribution in [2.24, 2.45) is 5.73 Å². The second kappa shape index (κ2) is 5.03. The van der Waals surface area contributed by atoms with Crippen LogP contribution >= 0.6 is 11.6 Å². The Labute approximate surface area is 89.3 Å². The third-order valence-corrected chi connectivity index (χ3v) is 2.11. The van der Waals surface area contributed by atoms with Gasteiger partial charge in [0.15, 0.2) is 0 Å². The van der Waals surface area contributed by atoms with Crippen molar-refractivity contribution in [1.29, 1.82) is 0 Å². The average Bonchev–Trinajstić information content (AvgIpc) is 2.14. The molecule has 2 nitrogen and oxygen atoms in total. The van der Waals surface area contributed by atoms with Crippen LogP contribution in [0.4, 0.5) is 0 Å². The number of benzene rings is 1. The van der Waals surface area contributed by atoms with Gasteiger partial charge in [-0.1, -0.05) is 24.2 Å². The van der Waals surface area contributed by atoms with Crippen molar-refractivity contribution < 1.29 is 4.74 Å². The van der Waals surface area contributed by atoms with Crippen LogP contribution in [0, 0.1) is 0 Å². The van der Waals surface area contributed by atoms with Crippen molar-refractivity contribution >= 4 is 11.6 Å². The summed E-state index contributed by atoms with van der Waals surface area (Å²) in [5.74, 6) is 0.739. The summed E-state index contributed by atoms with van der Waals surface area (Å²) in [7, 11) is 0. The molecule has 0 aromatic heterocycles. The number of halogens is 1. The molecule has 0 aliphatic rings. The summed E-state index contributed by atoms with van der Waals surface area (Å²) in [6, 6.07) is 5.50. The monoisotopic (exact) mass is 211 g/mol. The van der Waals surface area contributed by atoms with E-state index < -0.39 is 0 Å². The molecule has 14 heavy (non-hydrogen) atoms. The number of hydrogen-bond acceptors (Lipinski definition) is 2. The maximum Gasteiger partial charge on any atom is 0.125 e. The molecule has 0 aliphatic carbocycles. The fourth-order valence-corrected chi connectivity index (χ4v) is 1.32. The highest BCUT2D eigenvalue weighted by atomic mass is 35.5. The topological polar surface area (TPSA) is 35.2 Å². The summed E-state index contributed by atoms with van der Waals surface area (Å²) in [5.41, 5.74) is 7.38. The zero-order valence-corrected chi connectivity index (χ0v) is 8.97. The minimum Gasteiger partial charge on any atom is -0.489 e. The maximum atomic E-state index is 5.96. The van der Waals surface area contributed by atoms with E-state index in [1.807, 2.05) is 19.1 Å². The summed E-state index contributed by atoms with van der Waals surface area (Å²) < 4.78 is 5.51. The molecule has 76 valence electrons. The Kier molecular flexibility index (Phi) is 3.98. The normalized spacial score (nSPS) is 9.93. The van der Waals surface area contributed by atoms with Gasteiger partial charge in [0, 0.05) is 17.1 Å². The van der Waals surface area contributed by atoms with Crippen molar-refractivity contribution in [2.45, 2.75) is 13.5 Å². The van der Waals surface area contributed by atoms with Gasteiger partial charge in [0.2, 0.25) is 0 Å². The molecule has 3 heteroatoms. The summed E-state index contributed by atoms with van der Waals surface area (Å²) in [6.45, 7) is 6.54. The van der Waals surface area contributed by atoms with Gasteiger partial charge in [-0.3, -0.25) is 0 Å². The summed E-state index contributed by atoms with van der Waals surface area (Å²) in [4.78, 5) is 0. The van der Waals surface area contributed by atoms with Gasteiger partial charge in [-0.05, 0) is 24.6 Å². The highest BCUT2D eigenvalue weighted by Gasteiger charge is 2.05. The van der Waals surface area contributed by atoms with Crippen molar-refractivity contribution in [1.82, 2.24) is 0 Å². The zero-order chi connectivity index (χ0) is 10.6. The van der Waals surface area contributed by atoms with E-state index in [0.717, 1.165) is 16.9 Å². The Hall–Kier alpha value is -0.990. The Morgan fingerprint density at radius 2 is 2.29 bits per heavy atom. The average molecular weight is 212 g/mol. The highest BCUT2D eigenvalue weighted by Crippen LogP contribution is 2.25. The fraction of sp³-hybridized carbons (Fsp3) is 0.273. The van der Waals surface area contributed by atoms with E-state index >= 15 is 0 Å². The van der Waals surface area contributed by atoms with Gasteiger partial charge in [0.25, 0.3) is 0 Å². The van der Waals surface area contributed by atoms with E-state index in [4.69, 9.17) is 22.1 Å². The predicted octanol–water partition coefficient (Wildman–Crippen LogP) is 2.75. The molecular weight excluding hydrogens is 198 g/mol. The van der Waals surface area contributed by atoms with Gasteiger partial charge in [-0.15, -0.1) is 0 Å². The minimum atomic E-state index is 0.380. The zero-order valence-electron chi connectivity index (χ0n) is 8.22. The standard InChI is InChI=1S/C11H14ClNO/c1-8(2)7-14-11-5-3-4-10(12)9(11)6-13/h3-5H,1,6-7,13H2,2H3. The Bertz CT molecular complexity index is 336. The lowest BCUT2D eigenvalue weighted by Gasteiger charge is -2.11. The van der Waals surface area contributed by atoms with E-state index in [1.165, 1.54) is 0 Å². The minimum absolute atomic E-state index is 0.380. The molecule has 0 fully saturated rings. The third kappa shape index (κ3) is 2.76. The second-order valence-corrected chi connectivity index (χ2v) is 3.57. The predicted molar refractivity (Wildman–Crippen MR) is 59.7 cm³/mol. The number of nitrogens with two attached hydrogens (primary N) is 1. The quantitative estimate of drug-likeness (QED) is 0.778. The summed E-state index contributed by atoms with van der Waals surface area (Å²) in [6.07, 6.45) is 0. The molecule has 0 spiro atoms. The molecule has 2 N–H and O–H groups in total. The van der Waals surface area contributed by atoms with Gasteiger partial charge in [0.05, 0.1) is 0 Å². The van der Waals surface area contributed by atoms with Gasteiger partial charge in [-0.25, -0.2) is 0 Å². The summed E-state index contributed by atoms with van der Waals surface area (Å²) in [5, 5.41) is 0.645. The van der Waals surface area contributed by atoms with Gasteiger partial charge >= 0.3 is 0 Å². The van der Waals surface area contributed by atoms with E-state index in [2.05, 4.69) is 6.58 Å². The Morgan fingerprint density at radius 3 is 2.86 bits per heavy atom. The van der Waals surface area contributed by atoms with Crippen molar-refractivity contribution in [2.75, 3.05) is 6.61 Å². The fourth-order valence-electron chi connectivity index (χ4n) is 1.07. The second-order valence-electron chi connectivity index (χ2n) is 3.17. The molecular formula is C11H14ClNO. The first-order valence-corrected chi connectivity index (χ1v) is 4.77. The van der Waals surface area contributed by atoms with Crippen LogP contribution in [0.1, 0.15) is 12.5 Å². The van der Waals surface area contributed by atoms with Crippen LogP contribution in [0.25, 0.3) is 0 Å². The number of hydrogen-bond donors (Lipinski definition) is 1. The van der Waals surface area contributed by atoms with Crippen LogP contribution in [0.2, 0.25) is 5.02 Å². The lowest BCUT2D eigenvalue weighted by atomic mass is 10.2. The molecule has 0 heterocycles. The largest absolute Gasteiger partial charge is 0.489 e. The van der Waals surface area contributed by atoms with Crippen LogP contribution in [0.3, 0.4) is 0 Å². The Balaban J connectivity index is 2.85. The van der Waals surface area contributed by atoms with Gasteiger partial charge in [0.1, 0.15) is 12.4 Å². The number of rotatable bonds is 4. The van der Waals surface area contributed by atoms with E-state index in [-0.39, 0.29) is 0 Å². The molecule has 0 aliphatic heterocycles. The molecule has 0 bridgehead atoms. The highest BCUT2D eigenvalue weighted by molar-refractivity contribution is 6.31. The van der Waals surface area contributed by atoms with Gasteiger partial charge < -0.3 is 10.5 Å². The van der Waals surface area contributed by atoms with Crippen molar-refractivity contribution in [3.63, 3.8) is 0 Å². The molecule has 0 saturated heterocycles. The molecule has 1 aromatic rings. The molecule has 0 unspecified atom stereocenters. The first-order valence-electron chi connectivity index (χ1n) is 4.39. The smallest absolute Gasteiger partial charge is 0.125 e.